The van der Waals surface area contributed by atoms with Gasteiger partial charge in [-0.2, -0.15) is 0 Å². The summed E-state index contributed by atoms with van der Waals surface area (Å²) in [7, 11) is 1.82. The Morgan fingerprint density at radius 2 is 2.25 bits per heavy atom. The minimum absolute atomic E-state index is 0.0626. The lowest BCUT2D eigenvalue weighted by atomic mass is 10.0. The highest BCUT2D eigenvalue weighted by molar-refractivity contribution is 5.22. The lowest BCUT2D eigenvalue weighted by molar-refractivity contribution is 0.527. The Hall–Kier alpha value is -1.68. The van der Waals surface area contributed by atoms with Crippen LogP contribution in [0, 0.1) is 5.82 Å². The van der Waals surface area contributed by atoms with Gasteiger partial charge in [-0.25, -0.2) is 9.37 Å². The molecular weight excluding hydrogens is 205 g/mol. The van der Waals surface area contributed by atoms with Gasteiger partial charge >= 0.3 is 0 Å². The molecule has 0 aliphatic carbocycles. The molecule has 0 aliphatic rings. The van der Waals surface area contributed by atoms with E-state index in [-0.39, 0.29) is 11.9 Å². The van der Waals surface area contributed by atoms with Crippen LogP contribution in [0.4, 0.5) is 4.39 Å². The lowest BCUT2D eigenvalue weighted by Crippen LogP contribution is -2.20. The number of aromatic nitrogens is 2. The number of aromatic amines is 1. The van der Waals surface area contributed by atoms with Gasteiger partial charge < -0.3 is 10.3 Å². The summed E-state index contributed by atoms with van der Waals surface area (Å²) in [6.07, 6.45) is 4.11. The highest BCUT2D eigenvalue weighted by Crippen LogP contribution is 2.19. The third kappa shape index (κ3) is 2.28. The second kappa shape index (κ2) is 4.90. The van der Waals surface area contributed by atoms with E-state index in [1.165, 1.54) is 6.07 Å². The quantitative estimate of drug-likeness (QED) is 0.826. The predicted molar refractivity (Wildman–Crippen MR) is 60.5 cm³/mol. The number of nitrogens with one attached hydrogen (secondary N) is 2. The van der Waals surface area contributed by atoms with E-state index in [1.807, 2.05) is 13.1 Å². The van der Waals surface area contributed by atoms with E-state index >= 15 is 0 Å². The van der Waals surface area contributed by atoms with Crippen LogP contribution in [0.5, 0.6) is 0 Å². The van der Waals surface area contributed by atoms with Crippen LogP contribution in [-0.2, 0) is 6.42 Å². The Kier molecular flexibility index (Phi) is 3.31. The molecule has 1 aromatic carbocycles. The number of rotatable bonds is 4. The van der Waals surface area contributed by atoms with Crippen LogP contribution in [0.2, 0.25) is 0 Å². The zero-order valence-corrected chi connectivity index (χ0v) is 9.07. The summed E-state index contributed by atoms with van der Waals surface area (Å²) in [4.78, 5) is 7.16. The van der Waals surface area contributed by atoms with Gasteiger partial charge in [0.1, 0.15) is 11.6 Å². The van der Waals surface area contributed by atoms with Crippen LogP contribution in [0.25, 0.3) is 0 Å². The van der Waals surface area contributed by atoms with Gasteiger partial charge in [0, 0.05) is 30.4 Å². The van der Waals surface area contributed by atoms with Gasteiger partial charge in [-0.05, 0) is 13.1 Å². The number of imidazole rings is 1. The van der Waals surface area contributed by atoms with Gasteiger partial charge in [0.25, 0.3) is 0 Å². The van der Waals surface area contributed by atoms with Crippen molar-refractivity contribution < 1.29 is 4.39 Å². The van der Waals surface area contributed by atoms with Crippen molar-refractivity contribution in [3.05, 3.63) is 53.9 Å². The second-order valence-corrected chi connectivity index (χ2v) is 3.60. The molecule has 2 N–H and O–H groups in total. The Morgan fingerprint density at radius 3 is 2.88 bits per heavy atom. The Labute approximate surface area is 93.7 Å². The molecule has 1 unspecified atom stereocenters. The third-order valence-corrected chi connectivity index (χ3v) is 2.58. The van der Waals surface area contributed by atoms with Crippen molar-refractivity contribution in [2.75, 3.05) is 7.05 Å². The molecule has 2 aromatic rings. The Morgan fingerprint density at radius 1 is 1.44 bits per heavy atom. The summed E-state index contributed by atoms with van der Waals surface area (Å²) < 4.78 is 13.6. The Bertz CT molecular complexity index is 439. The standard InChI is InChI=1S/C12H14FN3/c1-14-11(8-12-15-6-7-16-12)9-4-2-3-5-10(9)13/h2-7,11,14H,8H2,1H3,(H,15,16). The maximum Gasteiger partial charge on any atom is 0.127 e. The van der Waals surface area contributed by atoms with Crippen molar-refractivity contribution in [2.24, 2.45) is 0 Å². The highest BCUT2D eigenvalue weighted by Gasteiger charge is 2.14. The molecule has 0 amide bonds. The van der Waals surface area contributed by atoms with Crippen molar-refractivity contribution in [1.29, 1.82) is 0 Å². The molecule has 1 aromatic heterocycles. The molecule has 16 heavy (non-hydrogen) atoms. The van der Waals surface area contributed by atoms with Crippen LogP contribution in [0.3, 0.4) is 0 Å². The fraction of sp³-hybridized carbons (Fsp3) is 0.250. The smallest absolute Gasteiger partial charge is 0.127 e. The maximum absolute atomic E-state index is 13.6. The molecular formula is C12H14FN3. The van der Waals surface area contributed by atoms with Crippen molar-refractivity contribution in [3.63, 3.8) is 0 Å². The first-order valence-electron chi connectivity index (χ1n) is 5.21. The second-order valence-electron chi connectivity index (χ2n) is 3.60. The molecule has 0 saturated carbocycles. The SMILES string of the molecule is CNC(Cc1ncc[nH]1)c1ccccc1F. The van der Waals surface area contributed by atoms with Gasteiger partial charge in [0.15, 0.2) is 0 Å². The van der Waals surface area contributed by atoms with E-state index in [1.54, 1.807) is 24.5 Å². The molecule has 1 atom stereocenters. The number of hydrogen-bond acceptors (Lipinski definition) is 2. The summed E-state index contributed by atoms with van der Waals surface area (Å²) >= 11 is 0. The number of halogens is 1. The van der Waals surface area contributed by atoms with Crippen LogP contribution in [-0.4, -0.2) is 17.0 Å². The molecule has 2 rings (SSSR count). The van der Waals surface area contributed by atoms with E-state index in [4.69, 9.17) is 0 Å². The monoisotopic (exact) mass is 219 g/mol. The minimum Gasteiger partial charge on any atom is -0.349 e. The molecule has 84 valence electrons. The van der Waals surface area contributed by atoms with Crippen molar-refractivity contribution in [1.82, 2.24) is 15.3 Å². The van der Waals surface area contributed by atoms with Crippen LogP contribution in [0.1, 0.15) is 17.4 Å². The normalized spacial score (nSPS) is 12.6. The van der Waals surface area contributed by atoms with Gasteiger partial charge in [-0.1, -0.05) is 18.2 Å². The van der Waals surface area contributed by atoms with E-state index in [0.29, 0.717) is 12.0 Å². The van der Waals surface area contributed by atoms with Crippen LogP contribution < -0.4 is 5.32 Å². The third-order valence-electron chi connectivity index (χ3n) is 2.58. The van der Waals surface area contributed by atoms with Crippen molar-refractivity contribution in [2.45, 2.75) is 12.5 Å². The largest absolute Gasteiger partial charge is 0.349 e. The van der Waals surface area contributed by atoms with Gasteiger partial charge in [-0.3, -0.25) is 0 Å². The van der Waals surface area contributed by atoms with Crippen LogP contribution in [0.15, 0.2) is 36.7 Å². The average Bonchev–Trinajstić information content (AvgIpc) is 2.80. The van der Waals surface area contributed by atoms with Crippen LogP contribution >= 0.6 is 0 Å². The first-order chi connectivity index (χ1) is 7.81. The number of hydrogen-bond donors (Lipinski definition) is 2. The van der Waals surface area contributed by atoms with E-state index in [2.05, 4.69) is 15.3 Å². The van der Waals surface area contributed by atoms with Crippen molar-refractivity contribution in [3.8, 4) is 0 Å². The molecule has 0 saturated heterocycles. The summed E-state index contributed by atoms with van der Waals surface area (Å²) in [5.41, 5.74) is 0.668. The maximum atomic E-state index is 13.6. The zero-order chi connectivity index (χ0) is 11.4. The molecule has 0 spiro atoms. The van der Waals surface area contributed by atoms with E-state index in [9.17, 15) is 4.39 Å². The summed E-state index contributed by atoms with van der Waals surface area (Å²) in [5.74, 6) is 0.663. The molecule has 1 heterocycles. The fourth-order valence-electron chi connectivity index (χ4n) is 1.73. The van der Waals surface area contributed by atoms with Crippen molar-refractivity contribution >= 4 is 0 Å². The van der Waals surface area contributed by atoms with Gasteiger partial charge in [-0.15, -0.1) is 0 Å². The summed E-state index contributed by atoms with van der Waals surface area (Å²) in [6, 6.07) is 6.73. The molecule has 0 bridgehead atoms. The molecule has 0 radical (unpaired) electrons. The fourth-order valence-corrected chi connectivity index (χ4v) is 1.73. The number of likely N-dealkylation sites (N-methyl/N-ethyl adjacent to an activating group) is 1. The van der Waals surface area contributed by atoms with E-state index in [0.717, 1.165) is 5.82 Å². The average molecular weight is 219 g/mol. The Balaban J connectivity index is 2.20. The molecule has 0 fully saturated rings. The summed E-state index contributed by atoms with van der Waals surface area (Å²) in [6.45, 7) is 0. The van der Waals surface area contributed by atoms with Gasteiger partial charge in [0.05, 0.1) is 0 Å². The predicted octanol–water partition coefficient (Wildman–Crippen LogP) is 2.05. The highest BCUT2D eigenvalue weighted by atomic mass is 19.1. The first kappa shape index (κ1) is 10.8. The minimum atomic E-state index is -0.187. The number of H-pyrrole nitrogens is 1. The van der Waals surface area contributed by atoms with Gasteiger partial charge in [0.2, 0.25) is 0 Å². The first-order valence-corrected chi connectivity index (χ1v) is 5.21. The summed E-state index contributed by atoms with van der Waals surface area (Å²) in [5, 5.41) is 3.10. The topological polar surface area (TPSA) is 40.7 Å². The number of benzene rings is 1. The molecule has 0 aliphatic heterocycles. The zero-order valence-electron chi connectivity index (χ0n) is 9.07. The number of nitrogens with zero attached hydrogens (tertiary/aromatic N) is 1. The molecule has 3 nitrogen and oxygen atoms in total. The lowest BCUT2D eigenvalue weighted by Gasteiger charge is -2.15. The van der Waals surface area contributed by atoms with E-state index < -0.39 is 0 Å². The molecule has 4 heteroatoms.